The summed E-state index contributed by atoms with van der Waals surface area (Å²) < 4.78 is 4.17. The highest BCUT2D eigenvalue weighted by Gasteiger charge is 2.25. The first-order valence-corrected chi connectivity index (χ1v) is 14.8. The number of fused-ring (bicyclic) bond motifs is 1. The minimum Gasteiger partial charge on any atom is -0.303 e. The van der Waals surface area contributed by atoms with E-state index in [1.807, 2.05) is 4.57 Å². The normalized spacial score (nSPS) is 18.2. The highest BCUT2D eigenvalue weighted by Crippen LogP contribution is 2.29. The number of unbranched alkanes of at least 4 members (excludes halogenated alkanes) is 2. The van der Waals surface area contributed by atoms with E-state index in [1.165, 1.54) is 63.5 Å². The fourth-order valence-electron chi connectivity index (χ4n) is 6.69. The zero-order chi connectivity index (χ0) is 24.6. The highest BCUT2D eigenvalue weighted by molar-refractivity contribution is 5.76. The van der Waals surface area contributed by atoms with Crippen molar-refractivity contribution in [1.29, 1.82) is 0 Å². The van der Waals surface area contributed by atoms with Gasteiger partial charge in [0.15, 0.2) is 0 Å². The Kier molecular flexibility index (Phi) is 8.98. The van der Waals surface area contributed by atoms with Crippen LogP contribution in [0, 0.1) is 5.92 Å². The van der Waals surface area contributed by atoms with Crippen LogP contribution in [0.4, 0.5) is 0 Å². The van der Waals surface area contributed by atoms with E-state index >= 15 is 0 Å². The monoisotopic (exact) mass is 487 g/mol. The van der Waals surface area contributed by atoms with Crippen molar-refractivity contribution in [2.45, 2.75) is 96.1 Å². The summed E-state index contributed by atoms with van der Waals surface area (Å²) >= 11 is 0. The number of imidazole rings is 1. The maximum absolute atomic E-state index is 13.6. The third-order valence-electron chi connectivity index (χ3n) is 8.79. The Morgan fingerprint density at radius 3 is 2.17 bits per heavy atom. The van der Waals surface area contributed by atoms with Gasteiger partial charge in [-0.2, -0.15) is 0 Å². The number of benzene rings is 2. The molecule has 1 aliphatic heterocycles. The van der Waals surface area contributed by atoms with E-state index in [4.69, 9.17) is 0 Å². The van der Waals surface area contributed by atoms with Gasteiger partial charge >= 0.3 is 5.69 Å². The molecule has 1 aromatic heterocycles. The minimum atomic E-state index is 0.196. The molecule has 0 bridgehead atoms. The van der Waals surface area contributed by atoms with Crippen LogP contribution >= 0.6 is 0 Å². The lowest BCUT2D eigenvalue weighted by Crippen LogP contribution is -2.38. The average molecular weight is 488 g/mol. The Balaban J connectivity index is 1.14. The van der Waals surface area contributed by atoms with Gasteiger partial charge in [0.2, 0.25) is 0 Å². The van der Waals surface area contributed by atoms with Gasteiger partial charge in [-0.15, -0.1) is 0 Å². The summed E-state index contributed by atoms with van der Waals surface area (Å²) in [7, 11) is 0. The quantitative estimate of drug-likeness (QED) is 0.267. The molecule has 0 amide bonds. The van der Waals surface area contributed by atoms with Gasteiger partial charge in [0.1, 0.15) is 0 Å². The van der Waals surface area contributed by atoms with Crippen LogP contribution < -0.4 is 5.69 Å². The number of nitrogens with zero attached hydrogens (tertiary/aromatic N) is 3. The second-order valence-electron chi connectivity index (χ2n) is 11.3. The SMILES string of the molecule is O=c1n(CCCCc2ccccc2)c2ccccc2n1C1CCN(CCCCC2CCCCC2)CC1. The number of hydrogen-bond donors (Lipinski definition) is 0. The molecule has 36 heavy (non-hydrogen) atoms. The zero-order valence-corrected chi connectivity index (χ0v) is 22.1. The number of rotatable bonds is 11. The van der Waals surface area contributed by atoms with Crippen LogP contribution in [-0.2, 0) is 13.0 Å². The van der Waals surface area contributed by atoms with Crippen molar-refractivity contribution in [2.24, 2.45) is 5.92 Å². The molecule has 2 aromatic carbocycles. The third-order valence-corrected chi connectivity index (χ3v) is 8.79. The van der Waals surface area contributed by atoms with Crippen molar-refractivity contribution in [2.75, 3.05) is 19.6 Å². The first kappa shape index (κ1) is 25.3. The number of likely N-dealkylation sites (tertiary alicyclic amines) is 1. The van der Waals surface area contributed by atoms with E-state index in [0.29, 0.717) is 6.04 Å². The standard InChI is InChI=1S/C32H45N3O/c36-32-34(24-12-10-18-28-15-5-2-6-16-28)30-19-7-8-20-31(30)35(32)29-21-25-33(26-22-29)23-11-9-17-27-13-3-1-4-14-27/h2,5-8,15-16,19-20,27,29H,1,3-4,9-14,17-18,21-26H2. The van der Waals surface area contributed by atoms with E-state index in [2.05, 4.69) is 64.1 Å². The molecule has 0 N–H and O–H groups in total. The molecule has 2 aliphatic rings. The molecule has 5 rings (SSSR count). The van der Waals surface area contributed by atoms with Gasteiger partial charge in [-0.3, -0.25) is 9.13 Å². The van der Waals surface area contributed by atoms with Crippen LogP contribution in [-0.4, -0.2) is 33.7 Å². The molecule has 0 atom stereocenters. The molecule has 2 heterocycles. The number of hydrogen-bond acceptors (Lipinski definition) is 2. The van der Waals surface area contributed by atoms with Gasteiger partial charge in [-0.25, -0.2) is 4.79 Å². The number of aromatic nitrogens is 2. The molecule has 0 spiro atoms. The fraction of sp³-hybridized carbons (Fsp3) is 0.594. The van der Waals surface area contributed by atoms with Gasteiger partial charge in [0.25, 0.3) is 0 Å². The summed E-state index contributed by atoms with van der Waals surface area (Å²) in [5.41, 5.74) is 3.80. The molecule has 4 heteroatoms. The second-order valence-corrected chi connectivity index (χ2v) is 11.3. The van der Waals surface area contributed by atoms with Crippen molar-refractivity contribution in [1.82, 2.24) is 14.0 Å². The predicted molar refractivity (Wildman–Crippen MR) is 151 cm³/mol. The van der Waals surface area contributed by atoms with Gasteiger partial charge in [-0.05, 0) is 68.7 Å². The lowest BCUT2D eigenvalue weighted by Gasteiger charge is -2.32. The highest BCUT2D eigenvalue weighted by atomic mass is 16.1. The molecule has 194 valence electrons. The molecule has 1 aliphatic carbocycles. The lowest BCUT2D eigenvalue weighted by atomic mass is 9.86. The van der Waals surface area contributed by atoms with Gasteiger partial charge < -0.3 is 4.90 Å². The average Bonchev–Trinajstić information content (AvgIpc) is 3.21. The summed E-state index contributed by atoms with van der Waals surface area (Å²) in [5, 5.41) is 0. The predicted octanol–water partition coefficient (Wildman–Crippen LogP) is 7.21. The Morgan fingerprint density at radius 1 is 0.694 bits per heavy atom. The first-order chi connectivity index (χ1) is 17.8. The van der Waals surface area contributed by atoms with Crippen molar-refractivity contribution in [3.8, 4) is 0 Å². The van der Waals surface area contributed by atoms with E-state index in [9.17, 15) is 4.79 Å². The zero-order valence-electron chi connectivity index (χ0n) is 22.1. The van der Waals surface area contributed by atoms with Crippen molar-refractivity contribution in [3.05, 3.63) is 70.6 Å². The number of para-hydroxylation sites is 2. The second kappa shape index (κ2) is 12.8. The molecule has 2 fully saturated rings. The fourth-order valence-corrected chi connectivity index (χ4v) is 6.69. The van der Waals surface area contributed by atoms with Crippen LogP contribution in [0.15, 0.2) is 59.4 Å². The van der Waals surface area contributed by atoms with Gasteiger partial charge in [0.05, 0.1) is 11.0 Å². The molecule has 3 aromatic rings. The summed E-state index contributed by atoms with van der Waals surface area (Å²) in [6, 6.07) is 19.4. The summed E-state index contributed by atoms with van der Waals surface area (Å²) in [4.78, 5) is 16.3. The van der Waals surface area contributed by atoms with Crippen molar-refractivity contribution >= 4 is 11.0 Å². The molecule has 4 nitrogen and oxygen atoms in total. The first-order valence-electron chi connectivity index (χ1n) is 14.8. The minimum absolute atomic E-state index is 0.196. The maximum atomic E-state index is 13.6. The van der Waals surface area contributed by atoms with Crippen LogP contribution in [0.3, 0.4) is 0 Å². The van der Waals surface area contributed by atoms with Crippen LogP contribution in [0.25, 0.3) is 11.0 Å². The molecule has 1 saturated heterocycles. The van der Waals surface area contributed by atoms with E-state index in [-0.39, 0.29) is 5.69 Å². The molecule has 0 radical (unpaired) electrons. The molecular formula is C32H45N3O. The Hall–Kier alpha value is -2.33. The Labute approximate surface area is 217 Å². The molecular weight excluding hydrogens is 442 g/mol. The van der Waals surface area contributed by atoms with Crippen LogP contribution in [0.2, 0.25) is 0 Å². The van der Waals surface area contributed by atoms with Crippen molar-refractivity contribution in [3.63, 3.8) is 0 Å². The van der Waals surface area contributed by atoms with Gasteiger partial charge in [0, 0.05) is 25.7 Å². The maximum Gasteiger partial charge on any atom is 0.329 e. The van der Waals surface area contributed by atoms with E-state index in [0.717, 1.165) is 68.7 Å². The molecule has 1 saturated carbocycles. The van der Waals surface area contributed by atoms with Crippen LogP contribution in [0.1, 0.15) is 88.7 Å². The van der Waals surface area contributed by atoms with Crippen molar-refractivity contribution < 1.29 is 0 Å². The topological polar surface area (TPSA) is 30.2 Å². The van der Waals surface area contributed by atoms with E-state index < -0.39 is 0 Å². The van der Waals surface area contributed by atoms with E-state index in [1.54, 1.807) is 0 Å². The lowest BCUT2D eigenvalue weighted by molar-refractivity contribution is 0.181. The van der Waals surface area contributed by atoms with Gasteiger partial charge in [-0.1, -0.05) is 87.4 Å². The largest absolute Gasteiger partial charge is 0.329 e. The summed E-state index contributed by atoms with van der Waals surface area (Å²) in [6.45, 7) is 4.28. The number of piperidine rings is 1. The summed E-state index contributed by atoms with van der Waals surface area (Å²) in [5.74, 6) is 1.01. The third kappa shape index (κ3) is 6.32. The Morgan fingerprint density at radius 2 is 1.39 bits per heavy atom. The Bertz CT molecular complexity index is 1120. The number of aryl methyl sites for hydroxylation is 2. The smallest absolute Gasteiger partial charge is 0.303 e. The summed E-state index contributed by atoms with van der Waals surface area (Å²) in [6.07, 6.45) is 16.9. The van der Waals surface area contributed by atoms with Crippen LogP contribution in [0.5, 0.6) is 0 Å². The molecule has 0 unspecified atom stereocenters.